The predicted molar refractivity (Wildman–Crippen MR) is 112 cm³/mol. The quantitative estimate of drug-likeness (QED) is 0.745. The first kappa shape index (κ1) is 21.0. The lowest BCUT2D eigenvalue weighted by atomic mass is 10.1. The van der Waals surface area contributed by atoms with E-state index in [0.717, 1.165) is 30.9 Å². The summed E-state index contributed by atoms with van der Waals surface area (Å²) in [5.41, 5.74) is 2.41. The van der Waals surface area contributed by atoms with Crippen LogP contribution in [0.3, 0.4) is 0 Å². The minimum Gasteiger partial charge on any atom is -0.494 e. The predicted octanol–water partition coefficient (Wildman–Crippen LogP) is 4.10. The number of morpholine rings is 1. The molecule has 1 aliphatic rings. The van der Waals surface area contributed by atoms with E-state index in [1.165, 1.54) is 25.3 Å². The van der Waals surface area contributed by atoms with Crippen LogP contribution in [0.5, 0.6) is 5.75 Å². The van der Waals surface area contributed by atoms with Crippen LogP contribution in [-0.4, -0.2) is 43.2 Å². The molecule has 5 nitrogen and oxygen atoms in total. The SMILES string of the molecule is COc1ccc(C=CC(=O)Nc2ccccc2CN2CC(C)OC(C)C2)cc1F. The van der Waals surface area contributed by atoms with Gasteiger partial charge in [0.05, 0.1) is 19.3 Å². The normalized spacial score (nSPS) is 20.0. The van der Waals surface area contributed by atoms with Crippen molar-refractivity contribution in [1.29, 1.82) is 0 Å². The number of rotatable bonds is 6. The lowest BCUT2D eigenvalue weighted by Crippen LogP contribution is -2.44. The van der Waals surface area contributed by atoms with Gasteiger partial charge in [0.25, 0.3) is 0 Å². The Morgan fingerprint density at radius 3 is 2.66 bits per heavy atom. The Morgan fingerprint density at radius 2 is 1.97 bits per heavy atom. The van der Waals surface area contributed by atoms with E-state index in [1.54, 1.807) is 12.1 Å². The van der Waals surface area contributed by atoms with Crippen LogP contribution in [0, 0.1) is 5.82 Å². The summed E-state index contributed by atoms with van der Waals surface area (Å²) >= 11 is 0. The van der Waals surface area contributed by atoms with Crippen molar-refractivity contribution in [2.75, 3.05) is 25.5 Å². The van der Waals surface area contributed by atoms with Gasteiger partial charge in [-0.1, -0.05) is 24.3 Å². The molecule has 2 atom stereocenters. The number of methoxy groups -OCH3 is 1. The third-order valence-corrected chi connectivity index (χ3v) is 4.77. The maximum atomic E-state index is 13.8. The summed E-state index contributed by atoms with van der Waals surface area (Å²) in [7, 11) is 1.41. The molecule has 1 amide bonds. The summed E-state index contributed by atoms with van der Waals surface area (Å²) in [6, 6.07) is 12.3. The molecule has 2 aromatic rings. The van der Waals surface area contributed by atoms with E-state index in [-0.39, 0.29) is 23.9 Å². The van der Waals surface area contributed by atoms with Gasteiger partial charge in [0, 0.05) is 31.4 Å². The van der Waals surface area contributed by atoms with Crippen LogP contribution >= 0.6 is 0 Å². The molecule has 0 aliphatic carbocycles. The van der Waals surface area contributed by atoms with Gasteiger partial charge >= 0.3 is 0 Å². The lowest BCUT2D eigenvalue weighted by Gasteiger charge is -2.35. The lowest BCUT2D eigenvalue weighted by molar-refractivity contribution is -0.111. The molecule has 1 fully saturated rings. The number of carbonyl (C=O) groups excluding carboxylic acids is 1. The summed E-state index contributed by atoms with van der Waals surface area (Å²) in [5.74, 6) is -0.556. The number of anilines is 1. The second kappa shape index (κ2) is 9.67. The molecule has 29 heavy (non-hydrogen) atoms. The van der Waals surface area contributed by atoms with Gasteiger partial charge in [0.15, 0.2) is 11.6 Å². The second-order valence-corrected chi connectivity index (χ2v) is 7.33. The van der Waals surface area contributed by atoms with Crippen LogP contribution in [0.4, 0.5) is 10.1 Å². The Labute approximate surface area is 171 Å². The van der Waals surface area contributed by atoms with Gasteiger partial charge < -0.3 is 14.8 Å². The van der Waals surface area contributed by atoms with Crippen LogP contribution in [0.25, 0.3) is 6.08 Å². The van der Waals surface area contributed by atoms with Crippen LogP contribution in [-0.2, 0) is 16.1 Å². The van der Waals surface area contributed by atoms with Gasteiger partial charge in [0.1, 0.15) is 0 Å². The molecule has 6 heteroatoms. The maximum absolute atomic E-state index is 13.8. The molecule has 3 rings (SSSR count). The molecule has 1 heterocycles. The summed E-state index contributed by atoms with van der Waals surface area (Å²) in [6.07, 6.45) is 3.35. The standard InChI is InChI=1S/C23H27FN2O3/c1-16-13-26(14-17(2)29-16)15-19-6-4-5-7-21(19)25-23(27)11-9-18-8-10-22(28-3)20(24)12-18/h4-12,16-17H,13-15H2,1-3H3,(H,25,27). The van der Waals surface area contributed by atoms with Crippen LogP contribution in [0.1, 0.15) is 25.0 Å². The fraction of sp³-hybridized carbons (Fsp3) is 0.348. The first-order valence-corrected chi connectivity index (χ1v) is 9.73. The zero-order chi connectivity index (χ0) is 20.8. The molecule has 0 spiro atoms. The first-order valence-electron chi connectivity index (χ1n) is 9.73. The van der Waals surface area contributed by atoms with Crippen molar-refractivity contribution < 1.29 is 18.7 Å². The Balaban J connectivity index is 1.65. The zero-order valence-electron chi connectivity index (χ0n) is 17.0. The van der Waals surface area contributed by atoms with Crippen molar-refractivity contribution in [2.45, 2.75) is 32.6 Å². The van der Waals surface area contributed by atoms with Crippen LogP contribution in [0.15, 0.2) is 48.5 Å². The summed E-state index contributed by atoms with van der Waals surface area (Å²) in [4.78, 5) is 14.7. The van der Waals surface area contributed by atoms with E-state index in [2.05, 4.69) is 24.1 Å². The third-order valence-electron chi connectivity index (χ3n) is 4.77. The van der Waals surface area contributed by atoms with Crippen molar-refractivity contribution >= 4 is 17.7 Å². The number of hydrogen-bond donors (Lipinski definition) is 1. The molecule has 1 saturated heterocycles. The fourth-order valence-corrected chi connectivity index (χ4v) is 3.57. The molecular formula is C23H27FN2O3. The van der Waals surface area contributed by atoms with Crippen molar-refractivity contribution in [1.82, 2.24) is 4.90 Å². The molecule has 1 N–H and O–H groups in total. The Hall–Kier alpha value is -2.70. The molecule has 0 radical (unpaired) electrons. The molecule has 154 valence electrons. The number of benzene rings is 2. The number of nitrogens with zero attached hydrogens (tertiary/aromatic N) is 1. The van der Waals surface area contributed by atoms with Gasteiger partial charge in [-0.25, -0.2) is 4.39 Å². The molecule has 0 saturated carbocycles. The van der Waals surface area contributed by atoms with E-state index in [9.17, 15) is 9.18 Å². The topological polar surface area (TPSA) is 50.8 Å². The summed E-state index contributed by atoms with van der Waals surface area (Å²) in [6.45, 7) is 6.60. The average molecular weight is 398 g/mol. The fourth-order valence-electron chi connectivity index (χ4n) is 3.57. The highest BCUT2D eigenvalue weighted by Gasteiger charge is 2.22. The highest BCUT2D eigenvalue weighted by atomic mass is 19.1. The zero-order valence-corrected chi connectivity index (χ0v) is 17.0. The average Bonchev–Trinajstić information content (AvgIpc) is 2.67. The molecule has 1 aliphatic heterocycles. The number of carbonyl (C=O) groups is 1. The highest BCUT2D eigenvalue weighted by Crippen LogP contribution is 2.21. The molecule has 0 aromatic heterocycles. The van der Waals surface area contributed by atoms with Gasteiger partial charge in [-0.15, -0.1) is 0 Å². The summed E-state index contributed by atoms with van der Waals surface area (Å²) < 4.78 is 24.5. The number of hydrogen-bond acceptors (Lipinski definition) is 4. The van der Waals surface area contributed by atoms with Gasteiger partial charge in [-0.3, -0.25) is 9.69 Å². The second-order valence-electron chi connectivity index (χ2n) is 7.33. The van der Waals surface area contributed by atoms with Gasteiger partial charge in [-0.2, -0.15) is 0 Å². The van der Waals surface area contributed by atoms with E-state index < -0.39 is 5.82 Å². The molecule has 0 bridgehead atoms. The summed E-state index contributed by atoms with van der Waals surface area (Å²) in [5, 5.41) is 2.93. The highest BCUT2D eigenvalue weighted by molar-refractivity contribution is 6.02. The smallest absolute Gasteiger partial charge is 0.248 e. The van der Waals surface area contributed by atoms with Gasteiger partial charge in [0.2, 0.25) is 5.91 Å². The van der Waals surface area contributed by atoms with Crippen LogP contribution in [0.2, 0.25) is 0 Å². The van der Waals surface area contributed by atoms with Crippen molar-refractivity contribution in [2.24, 2.45) is 0 Å². The number of nitrogens with one attached hydrogen (secondary N) is 1. The number of ether oxygens (including phenoxy) is 2. The van der Waals surface area contributed by atoms with Crippen LogP contribution < -0.4 is 10.1 Å². The minimum atomic E-state index is -0.464. The first-order chi connectivity index (χ1) is 13.9. The molecule has 2 unspecified atom stereocenters. The van der Waals surface area contributed by atoms with E-state index >= 15 is 0 Å². The molecular weight excluding hydrogens is 371 g/mol. The Morgan fingerprint density at radius 1 is 1.24 bits per heavy atom. The van der Waals surface area contributed by atoms with Crippen molar-refractivity contribution in [3.05, 3.63) is 65.5 Å². The molecule has 2 aromatic carbocycles. The monoisotopic (exact) mass is 398 g/mol. The maximum Gasteiger partial charge on any atom is 0.248 e. The largest absolute Gasteiger partial charge is 0.494 e. The number of amides is 1. The van der Waals surface area contributed by atoms with Crippen molar-refractivity contribution in [3.63, 3.8) is 0 Å². The van der Waals surface area contributed by atoms with E-state index in [1.807, 2.05) is 24.3 Å². The van der Waals surface area contributed by atoms with E-state index in [0.29, 0.717) is 5.56 Å². The number of halogens is 1. The Bertz CT molecular complexity index is 874. The number of para-hydroxylation sites is 1. The minimum absolute atomic E-state index is 0.173. The third kappa shape index (κ3) is 5.89. The Kier molecular flexibility index (Phi) is 7.01. The van der Waals surface area contributed by atoms with Crippen molar-refractivity contribution in [3.8, 4) is 5.75 Å². The van der Waals surface area contributed by atoms with E-state index in [4.69, 9.17) is 9.47 Å². The van der Waals surface area contributed by atoms with Gasteiger partial charge in [-0.05, 0) is 49.2 Å².